The molecular formula is C11H15N5OS. The van der Waals surface area contributed by atoms with Gasteiger partial charge in [0.15, 0.2) is 0 Å². The Morgan fingerprint density at radius 2 is 2.50 bits per heavy atom. The van der Waals surface area contributed by atoms with Crippen molar-refractivity contribution in [1.82, 2.24) is 24.8 Å². The Bertz CT molecular complexity index is 607. The van der Waals surface area contributed by atoms with E-state index >= 15 is 0 Å². The van der Waals surface area contributed by atoms with Crippen LogP contribution >= 0.6 is 11.3 Å². The molecule has 1 saturated heterocycles. The van der Waals surface area contributed by atoms with Crippen molar-refractivity contribution in [3.8, 4) is 0 Å². The Morgan fingerprint density at radius 1 is 1.61 bits per heavy atom. The molecule has 2 aromatic rings. The molecule has 0 radical (unpaired) electrons. The second-order valence-corrected chi connectivity index (χ2v) is 5.35. The Morgan fingerprint density at radius 3 is 3.33 bits per heavy atom. The van der Waals surface area contributed by atoms with Crippen LogP contribution in [0.3, 0.4) is 0 Å². The third-order valence-electron chi connectivity index (χ3n) is 3.24. The zero-order chi connectivity index (χ0) is 12.5. The Kier molecular flexibility index (Phi) is 3.11. The van der Waals surface area contributed by atoms with Gasteiger partial charge in [-0.05, 0) is 6.92 Å². The standard InChI is InChI=1S/C11H15N5OS/c1-8-5-12-2-3-15(8)6-9-4-10(17)16-11(14-9)18-7-13-16/h4,7-8,12H,2-3,5-6H2,1H3. The van der Waals surface area contributed by atoms with Crippen LogP contribution in [-0.4, -0.2) is 45.2 Å². The minimum Gasteiger partial charge on any atom is -0.314 e. The van der Waals surface area contributed by atoms with E-state index in [4.69, 9.17) is 0 Å². The molecule has 3 rings (SSSR count). The number of nitrogens with one attached hydrogen (secondary N) is 1. The second kappa shape index (κ2) is 4.75. The van der Waals surface area contributed by atoms with Gasteiger partial charge in [0, 0.05) is 38.3 Å². The van der Waals surface area contributed by atoms with Crippen molar-refractivity contribution in [3.05, 3.63) is 27.6 Å². The Labute approximate surface area is 108 Å². The number of hydrogen-bond donors (Lipinski definition) is 1. The Hall–Kier alpha value is -1.31. The van der Waals surface area contributed by atoms with Gasteiger partial charge in [0.2, 0.25) is 4.96 Å². The summed E-state index contributed by atoms with van der Waals surface area (Å²) in [6.07, 6.45) is 0. The molecule has 0 aliphatic carbocycles. The summed E-state index contributed by atoms with van der Waals surface area (Å²) in [5, 5.41) is 7.31. The monoisotopic (exact) mass is 265 g/mol. The maximum Gasteiger partial charge on any atom is 0.275 e. The van der Waals surface area contributed by atoms with E-state index in [-0.39, 0.29) is 5.56 Å². The van der Waals surface area contributed by atoms with Crippen molar-refractivity contribution in [2.24, 2.45) is 0 Å². The molecule has 1 fully saturated rings. The molecule has 1 aliphatic heterocycles. The minimum atomic E-state index is -0.0981. The predicted octanol–water partition coefficient (Wildman–Crippen LogP) is -0.0553. The van der Waals surface area contributed by atoms with Gasteiger partial charge >= 0.3 is 0 Å². The summed E-state index contributed by atoms with van der Waals surface area (Å²) in [4.78, 5) is 19.3. The average molecular weight is 265 g/mol. The van der Waals surface area contributed by atoms with E-state index in [9.17, 15) is 4.79 Å². The van der Waals surface area contributed by atoms with Crippen LogP contribution in [-0.2, 0) is 6.54 Å². The fourth-order valence-corrected chi connectivity index (χ4v) is 2.85. The molecule has 1 unspecified atom stereocenters. The molecule has 0 aromatic carbocycles. The lowest BCUT2D eigenvalue weighted by atomic mass is 10.2. The highest BCUT2D eigenvalue weighted by molar-refractivity contribution is 7.14. The molecule has 1 N–H and O–H groups in total. The first-order chi connectivity index (χ1) is 8.74. The molecule has 1 atom stereocenters. The van der Waals surface area contributed by atoms with Crippen LogP contribution in [0.2, 0.25) is 0 Å². The average Bonchev–Trinajstić information content (AvgIpc) is 2.81. The van der Waals surface area contributed by atoms with Crippen LogP contribution in [0.5, 0.6) is 0 Å². The molecule has 0 bridgehead atoms. The third-order valence-corrected chi connectivity index (χ3v) is 3.92. The van der Waals surface area contributed by atoms with Crippen LogP contribution in [0.15, 0.2) is 16.4 Å². The van der Waals surface area contributed by atoms with Crippen molar-refractivity contribution in [1.29, 1.82) is 0 Å². The summed E-state index contributed by atoms with van der Waals surface area (Å²) in [5.41, 5.74) is 2.37. The van der Waals surface area contributed by atoms with Crippen LogP contribution in [0.4, 0.5) is 0 Å². The van der Waals surface area contributed by atoms with Gasteiger partial charge in [-0.3, -0.25) is 9.69 Å². The minimum absolute atomic E-state index is 0.0981. The number of aromatic nitrogens is 3. The van der Waals surface area contributed by atoms with Gasteiger partial charge in [0.1, 0.15) is 5.51 Å². The van der Waals surface area contributed by atoms with Crippen LogP contribution in [0, 0.1) is 0 Å². The zero-order valence-electron chi connectivity index (χ0n) is 10.2. The van der Waals surface area contributed by atoms with Crippen LogP contribution < -0.4 is 10.9 Å². The van der Waals surface area contributed by atoms with Gasteiger partial charge in [-0.1, -0.05) is 11.3 Å². The van der Waals surface area contributed by atoms with Crippen LogP contribution in [0.1, 0.15) is 12.6 Å². The van der Waals surface area contributed by atoms with E-state index in [1.165, 1.54) is 15.9 Å². The summed E-state index contributed by atoms with van der Waals surface area (Å²) in [6, 6.07) is 2.06. The van der Waals surface area contributed by atoms with E-state index in [1.807, 2.05) is 0 Å². The number of fused-ring (bicyclic) bond motifs is 1. The highest BCUT2D eigenvalue weighted by Gasteiger charge is 2.18. The highest BCUT2D eigenvalue weighted by Crippen LogP contribution is 2.09. The molecule has 0 amide bonds. The third kappa shape index (κ3) is 2.16. The fourth-order valence-electron chi connectivity index (χ4n) is 2.21. The van der Waals surface area contributed by atoms with Crippen molar-refractivity contribution in [2.45, 2.75) is 19.5 Å². The van der Waals surface area contributed by atoms with E-state index < -0.39 is 0 Å². The van der Waals surface area contributed by atoms with Crippen molar-refractivity contribution >= 4 is 16.3 Å². The first-order valence-electron chi connectivity index (χ1n) is 6.01. The molecule has 6 nitrogen and oxygen atoms in total. The molecular weight excluding hydrogens is 250 g/mol. The lowest BCUT2D eigenvalue weighted by Crippen LogP contribution is -2.49. The summed E-state index contributed by atoms with van der Waals surface area (Å²) >= 11 is 1.39. The first-order valence-corrected chi connectivity index (χ1v) is 6.89. The van der Waals surface area contributed by atoms with Crippen molar-refractivity contribution in [3.63, 3.8) is 0 Å². The van der Waals surface area contributed by atoms with Crippen LogP contribution in [0.25, 0.3) is 4.96 Å². The summed E-state index contributed by atoms with van der Waals surface area (Å²) in [5.74, 6) is 0. The maximum atomic E-state index is 11.8. The molecule has 96 valence electrons. The zero-order valence-corrected chi connectivity index (χ0v) is 11.0. The quantitative estimate of drug-likeness (QED) is 0.824. The summed E-state index contributed by atoms with van der Waals surface area (Å²) in [6.45, 7) is 5.88. The van der Waals surface area contributed by atoms with Crippen molar-refractivity contribution < 1.29 is 0 Å². The molecule has 7 heteroatoms. The van der Waals surface area contributed by atoms with Crippen molar-refractivity contribution in [2.75, 3.05) is 19.6 Å². The van der Waals surface area contributed by atoms with Gasteiger partial charge in [0.05, 0.1) is 5.69 Å². The lowest BCUT2D eigenvalue weighted by Gasteiger charge is -2.33. The van der Waals surface area contributed by atoms with Gasteiger partial charge in [-0.25, -0.2) is 4.98 Å². The van der Waals surface area contributed by atoms with E-state index in [0.29, 0.717) is 11.0 Å². The number of nitrogens with zero attached hydrogens (tertiary/aromatic N) is 4. The largest absolute Gasteiger partial charge is 0.314 e. The van der Waals surface area contributed by atoms with Gasteiger partial charge in [-0.2, -0.15) is 9.61 Å². The number of rotatable bonds is 2. The number of hydrogen-bond acceptors (Lipinski definition) is 6. The lowest BCUT2D eigenvalue weighted by molar-refractivity contribution is 0.164. The van der Waals surface area contributed by atoms with Gasteiger partial charge in [-0.15, -0.1) is 0 Å². The van der Waals surface area contributed by atoms with Gasteiger partial charge < -0.3 is 5.32 Å². The van der Waals surface area contributed by atoms with E-state index in [1.54, 1.807) is 11.6 Å². The maximum absolute atomic E-state index is 11.8. The number of piperazine rings is 1. The molecule has 0 spiro atoms. The highest BCUT2D eigenvalue weighted by atomic mass is 32.1. The summed E-state index contributed by atoms with van der Waals surface area (Å²) in [7, 11) is 0. The molecule has 1 aliphatic rings. The first kappa shape index (κ1) is 11.8. The molecule has 3 heterocycles. The van der Waals surface area contributed by atoms with Gasteiger partial charge in [0.25, 0.3) is 5.56 Å². The van der Waals surface area contributed by atoms with E-state index in [0.717, 1.165) is 31.9 Å². The predicted molar refractivity (Wildman–Crippen MR) is 69.9 cm³/mol. The van der Waals surface area contributed by atoms with E-state index in [2.05, 4.69) is 27.2 Å². The molecule has 18 heavy (non-hydrogen) atoms. The smallest absolute Gasteiger partial charge is 0.275 e. The second-order valence-electron chi connectivity index (χ2n) is 4.54. The molecule has 0 saturated carbocycles. The topological polar surface area (TPSA) is 62.5 Å². The Balaban J connectivity index is 1.87. The summed E-state index contributed by atoms with van der Waals surface area (Å²) < 4.78 is 1.34. The fraction of sp³-hybridized carbons (Fsp3) is 0.545. The SMILES string of the molecule is CC1CNCCN1Cc1cc(=O)n2ncsc2n1. The molecule has 2 aromatic heterocycles. The normalized spacial score (nSPS) is 21.5.